The number of rotatable bonds is 8. The number of nitrogens with zero attached hydrogens (tertiary/aromatic N) is 2. The maximum absolute atomic E-state index is 13.7. The Hall–Kier alpha value is -2.65. The van der Waals surface area contributed by atoms with Gasteiger partial charge in [-0.2, -0.15) is 0 Å². The third-order valence-corrected chi connectivity index (χ3v) is 7.77. The number of piperidine rings is 1. The molecule has 0 aromatic heterocycles. The molecule has 2 heterocycles. The van der Waals surface area contributed by atoms with Gasteiger partial charge in [-0.05, 0) is 69.7 Å². The van der Waals surface area contributed by atoms with E-state index in [1.165, 1.54) is 0 Å². The molecule has 3 N–H and O–H groups in total. The van der Waals surface area contributed by atoms with Crippen molar-refractivity contribution in [2.24, 2.45) is 11.8 Å². The van der Waals surface area contributed by atoms with Gasteiger partial charge in [-0.3, -0.25) is 14.5 Å². The SMILES string of the molecule is C[C@@H]1CN([C@@H](C)CO)C(=O)c2cccc(NC(=O)C3CCNCC3)c2O[C@H]1CN(C)Cc1ccc(Cl)cc1. The number of carbonyl (C=O) groups excluding carboxylic acids is 2. The first-order valence-electron chi connectivity index (χ1n) is 13.4. The van der Waals surface area contributed by atoms with Crippen LogP contribution in [0.25, 0.3) is 0 Å². The van der Waals surface area contributed by atoms with Crippen molar-refractivity contribution in [3.63, 3.8) is 0 Å². The zero-order chi connectivity index (χ0) is 27.2. The molecule has 0 spiro atoms. The molecule has 2 aliphatic heterocycles. The highest BCUT2D eigenvalue weighted by Gasteiger charge is 2.35. The second-order valence-electron chi connectivity index (χ2n) is 10.6. The number of ether oxygens (including phenoxy) is 1. The summed E-state index contributed by atoms with van der Waals surface area (Å²) in [5, 5.41) is 17.0. The molecule has 2 amide bonds. The van der Waals surface area contributed by atoms with E-state index < -0.39 is 0 Å². The molecule has 0 saturated carbocycles. The van der Waals surface area contributed by atoms with Gasteiger partial charge >= 0.3 is 0 Å². The lowest BCUT2D eigenvalue weighted by atomic mass is 9.96. The number of hydrogen-bond acceptors (Lipinski definition) is 6. The van der Waals surface area contributed by atoms with Crippen LogP contribution >= 0.6 is 11.6 Å². The van der Waals surface area contributed by atoms with Crippen LogP contribution in [0.3, 0.4) is 0 Å². The molecule has 0 bridgehead atoms. The molecule has 0 radical (unpaired) electrons. The fourth-order valence-electron chi connectivity index (χ4n) is 5.15. The Morgan fingerprint density at radius 1 is 1.24 bits per heavy atom. The van der Waals surface area contributed by atoms with E-state index in [1.54, 1.807) is 23.1 Å². The molecule has 206 valence electrons. The number of aliphatic hydroxyl groups excluding tert-OH is 1. The Labute approximate surface area is 230 Å². The molecule has 2 aromatic rings. The van der Waals surface area contributed by atoms with E-state index in [1.807, 2.05) is 38.2 Å². The van der Waals surface area contributed by atoms with Gasteiger partial charge in [0.05, 0.1) is 23.9 Å². The molecule has 8 nitrogen and oxygen atoms in total. The van der Waals surface area contributed by atoms with Gasteiger partial charge < -0.3 is 25.4 Å². The van der Waals surface area contributed by atoms with Crippen molar-refractivity contribution in [1.82, 2.24) is 15.1 Å². The summed E-state index contributed by atoms with van der Waals surface area (Å²) < 4.78 is 6.63. The minimum absolute atomic E-state index is 0.0260. The van der Waals surface area contributed by atoms with Crippen LogP contribution in [0.15, 0.2) is 42.5 Å². The number of hydrogen-bond donors (Lipinski definition) is 3. The summed E-state index contributed by atoms with van der Waals surface area (Å²) >= 11 is 6.05. The summed E-state index contributed by atoms with van der Waals surface area (Å²) in [4.78, 5) is 30.7. The number of halogens is 1. The van der Waals surface area contributed by atoms with Crippen molar-refractivity contribution in [2.45, 2.75) is 45.4 Å². The average Bonchev–Trinajstić information content (AvgIpc) is 2.92. The molecule has 0 aliphatic carbocycles. The van der Waals surface area contributed by atoms with Crippen LogP contribution in [0.2, 0.25) is 5.02 Å². The second-order valence-corrected chi connectivity index (χ2v) is 11.1. The van der Waals surface area contributed by atoms with Gasteiger partial charge in [-0.1, -0.05) is 36.7 Å². The van der Waals surface area contributed by atoms with E-state index in [9.17, 15) is 14.7 Å². The maximum atomic E-state index is 13.7. The minimum atomic E-state index is -0.351. The summed E-state index contributed by atoms with van der Waals surface area (Å²) in [5.74, 6) is 0.0261. The summed E-state index contributed by atoms with van der Waals surface area (Å²) in [7, 11) is 2.04. The number of anilines is 1. The second kappa shape index (κ2) is 12.9. The summed E-state index contributed by atoms with van der Waals surface area (Å²) in [6.07, 6.45) is 1.29. The molecule has 9 heteroatoms. The molecule has 4 rings (SSSR count). The summed E-state index contributed by atoms with van der Waals surface area (Å²) in [6.45, 7) is 7.16. The fourth-order valence-corrected chi connectivity index (χ4v) is 5.28. The topological polar surface area (TPSA) is 94.1 Å². The number of nitrogens with one attached hydrogen (secondary N) is 2. The molecule has 38 heavy (non-hydrogen) atoms. The van der Waals surface area contributed by atoms with Gasteiger partial charge in [0.15, 0.2) is 5.75 Å². The molecular weight excluding hydrogens is 504 g/mol. The molecule has 0 unspecified atom stereocenters. The van der Waals surface area contributed by atoms with Gasteiger partial charge in [-0.25, -0.2) is 0 Å². The van der Waals surface area contributed by atoms with Crippen molar-refractivity contribution in [1.29, 1.82) is 0 Å². The normalized spacial score (nSPS) is 21.3. The largest absolute Gasteiger partial charge is 0.486 e. The lowest BCUT2D eigenvalue weighted by Crippen LogP contribution is -2.49. The average molecular weight is 543 g/mol. The number of amides is 2. The third-order valence-electron chi connectivity index (χ3n) is 7.52. The van der Waals surface area contributed by atoms with E-state index >= 15 is 0 Å². The lowest BCUT2D eigenvalue weighted by Gasteiger charge is -2.38. The predicted octanol–water partition coefficient (Wildman–Crippen LogP) is 3.63. The zero-order valence-electron chi connectivity index (χ0n) is 22.5. The van der Waals surface area contributed by atoms with Crippen LogP contribution in [0.4, 0.5) is 5.69 Å². The molecule has 1 saturated heterocycles. The van der Waals surface area contributed by atoms with Gasteiger partial charge in [0.1, 0.15) is 6.10 Å². The molecule has 1 fully saturated rings. The highest BCUT2D eigenvalue weighted by molar-refractivity contribution is 6.30. The Bertz CT molecular complexity index is 1110. The highest BCUT2D eigenvalue weighted by atomic mass is 35.5. The van der Waals surface area contributed by atoms with Crippen molar-refractivity contribution in [2.75, 3.05) is 45.2 Å². The molecule has 3 atom stereocenters. The number of likely N-dealkylation sites (N-methyl/N-ethyl adjacent to an activating group) is 1. The summed E-state index contributed by atoms with van der Waals surface area (Å²) in [5.41, 5.74) is 2.04. The quantitative estimate of drug-likeness (QED) is 0.471. The number of aliphatic hydroxyl groups is 1. The fraction of sp³-hybridized carbons (Fsp3) is 0.517. The highest BCUT2D eigenvalue weighted by Crippen LogP contribution is 2.35. The van der Waals surface area contributed by atoms with Crippen LogP contribution in [-0.2, 0) is 11.3 Å². The number of para-hydroxylation sites is 1. The molecule has 2 aromatic carbocycles. The van der Waals surface area contributed by atoms with Crippen molar-refractivity contribution in [3.05, 3.63) is 58.6 Å². The third kappa shape index (κ3) is 6.86. The Morgan fingerprint density at radius 2 is 1.95 bits per heavy atom. The Balaban J connectivity index is 1.62. The smallest absolute Gasteiger partial charge is 0.258 e. The van der Waals surface area contributed by atoms with Crippen molar-refractivity contribution in [3.8, 4) is 5.75 Å². The van der Waals surface area contributed by atoms with E-state index in [4.69, 9.17) is 16.3 Å². The predicted molar refractivity (Wildman–Crippen MR) is 150 cm³/mol. The van der Waals surface area contributed by atoms with E-state index in [-0.39, 0.29) is 42.4 Å². The van der Waals surface area contributed by atoms with Crippen LogP contribution in [-0.4, -0.2) is 78.7 Å². The number of fused-ring (bicyclic) bond motifs is 1. The zero-order valence-corrected chi connectivity index (χ0v) is 23.2. The first-order chi connectivity index (χ1) is 18.3. The van der Waals surface area contributed by atoms with E-state index in [2.05, 4.69) is 22.5 Å². The van der Waals surface area contributed by atoms with Gasteiger partial charge in [0.25, 0.3) is 5.91 Å². The summed E-state index contributed by atoms with van der Waals surface area (Å²) in [6, 6.07) is 12.7. The van der Waals surface area contributed by atoms with Crippen LogP contribution < -0.4 is 15.4 Å². The molecule has 2 aliphatic rings. The van der Waals surface area contributed by atoms with Crippen LogP contribution in [0, 0.1) is 11.8 Å². The number of benzene rings is 2. The van der Waals surface area contributed by atoms with Gasteiger partial charge in [-0.15, -0.1) is 0 Å². The van der Waals surface area contributed by atoms with Crippen LogP contribution in [0.1, 0.15) is 42.6 Å². The van der Waals surface area contributed by atoms with Gasteiger partial charge in [0.2, 0.25) is 5.91 Å². The Morgan fingerprint density at radius 3 is 2.63 bits per heavy atom. The maximum Gasteiger partial charge on any atom is 0.258 e. The monoisotopic (exact) mass is 542 g/mol. The Kier molecular flexibility index (Phi) is 9.65. The van der Waals surface area contributed by atoms with Crippen LogP contribution in [0.5, 0.6) is 5.75 Å². The first-order valence-corrected chi connectivity index (χ1v) is 13.8. The molecular formula is C29H39ClN4O4. The number of carbonyl (C=O) groups is 2. The van der Waals surface area contributed by atoms with E-state index in [0.29, 0.717) is 41.7 Å². The standard InChI is InChI=1S/C29H39ClN4O4/c1-19-15-34(20(2)18-35)29(37)24-5-4-6-25(32-28(36)22-11-13-31-14-12-22)27(24)38-26(19)17-33(3)16-21-7-9-23(30)10-8-21/h4-10,19-20,22,26,31,35H,11-18H2,1-3H3,(H,32,36)/t19-,20+,26+/m1/s1. The first kappa shape index (κ1) is 28.4. The van der Waals surface area contributed by atoms with Crippen molar-refractivity contribution >= 4 is 29.1 Å². The van der Waals surface area contributed by atoms with Gasteiger partial charge in [0, 0.05) is 36.5 Å². The van der Waals surface area contributed by atoms with Crippen molar-refractivity contribution < 1.29 is 19.4 Å². The lowest BCUT2D eigenvalue weighted by molar-refractivity contribution is -0.120. The minimum Gasteiger partial charge on any atom is -0.486 e. The van der Waals surface area contributed by atoms with E-state index in [0.717, 1.165) is 31.5 Å².